The van der Waals surface area contributed by atoms with Gasteiger partial charge in [-0.15, -0.1) is 10.2 Å². The van der Waals surface area contributed by atoms with Gasteiger partial charge in [0.2, 0.25) is 11.8 Å². The van der Waals surface area contributed by atoms with Crippen LogP contribution >= 0.6 is 11.8 Å². The number of nitrogens with one attached hydrogen (secondary N) is 1. The lowest BCUT2D eigenvalue weighted by atomic mass is 9.86. The van der Waals surface area contributed by atoms with Gasteiger partial charge in [-0.2, -0.15) is 0 Å². The Hall–Kier alpha value is -1.82. The van der Waals surface area contributed by atoms with Crippen molar-refractivity contribution >= 4 is 17.7 Å². The number of aryl methyl sites for hydroxylation is 2. The molecule has 0 radical (unpaired) electrons. The van der Waals surface area contributed by atoms with E-state index in [1.54, 1.807) is 0 Å². The third-order valence-corrected chi connectivity index (χ3v) is 5.76. The van der Waals surface area contributed by atoms with Crippen LogP contribution < -0.4 is 5.32 Å². The lowest BCUT2D eigenvalue weighted by Crippen LogP contribution is -2.41. The zero-order valence-corrected chi connectivity index (χ0v) is 15.9. The van der Waals surface area contributed by atoms with Gasteiger partial charge in [-0.1, -0.05) is 37.6 Å². The molecule has 1 aliphatic carbocycles. The van der Waals surface area contributed by atoms with E-state index in [0.29, 0.717) is 28.8 Å². The number of rotatable bonds is 5. The standard InChI is InChI=1S/C19H25N3O2S/c1-12-8-9-15(10-14(12)3)18-21-22-19(24-18)25-11-17(23)20-16-7-5-4-6-13(16)2/h8-10,13,16H,4-7,11H2,1-3H3,(H,20,23). The molecule has 1 amide bonds. The van der Waals surface area contributed by atoms with E-state index in [4.69, 9.17) is 4.42 Å². The Kier molecular flexibility index (Phi) is 5.78. The van der Waals surface area contributed by atoms with Crippen LogP contribution in [-0.2, 0) is 4.79 Å². The van der Waals surface area contributed by atoms with Gasteiger partial charge >= 0.3 is 0 Å². The summed E-state index contributed by atoms with van der Waals surface area (Å²) in [4.78, 5) is 12.2. The van der Waals surface area contributed by atoms with Crippen LogP contribution in [-0.4, -0.2) is 27.9 Å². The minimum atomic E-state index is 0.0367. The lowest BCUT2D eigenvalue weighted by molar-refractivity contribution is -0.119. The summed E-state index contributed by atoms with van der Waals surface area (Å²) < 4.78 is 5.69. The smallest absolute Gasteiger partial charge is 0.277 e. The van der Waals surface area contributed by atoms with E-state index in [9.17, 15) is 4.79 Å². The fourth-order valence-corrected chi connectivity index (χ4v) is 3.74. The summed E-state index contributed by atoms with van der Waals surface area (Å²) in [5.74, 6) is 1.39. The molecule has 0 bridgehead atoms. The van der Waals surface area contributed by atoms with Crippen LogP contribution in [0.3, 0.4) is 0 Å². The zero-order valence-electron chi connectivity index (χ0n) is 15.0. The van der Waals surface area contributed by atoms with Crippen molar-refractivity contribution in [2.45, 2.75) is 57.7 Å². The molecule has 3 rings (SSSR count). The maximum Gasteiger partial charge on any atom is 0.277 e. The second kappa shape index (κ2) is 8.04. The van der Waals surface area contributed by atoms with Gasteiger partial charge in [0.15, 0.2) is 0 Å². The molecule has 2 atom stereocenters. The van der Waals surface area contributed by atoms with Crippen LogP contribution in [0.4, 0.5) is 0 Å². The first-order valence-corrected chi connectivity index (χ1v) is 9.85. The number of aromatic nitrogens is 2. The minimum Gasteiger partial charge on any atom is -0.411 e. The fourth-order valence-electron chi connectivity index (χ4n) is 3.17. The van der Waals surface area contributed by atoms with Crippen molar-refractivity contribution in [3.63, 3.8) is 0 Å². The topological polar surface area (TPSA) is 68.0 Å². The molecule has 1 heterocycles. The van der Waals surface area contributed by atoms with Crippen molar-refractivity contribution in [2.24, 2.45) is 5.92 Å². The van der Waals surface area contributed by atoms with Crippen molar-refractivity contribution < 1.29 is 9.21 Å². The summed E-state index contributed by atoms with van der Waals surface area (Å²) in [6.45, 7) is 6.34. The van der Waals surface area contributed by atoms with Crippen molar-refractivity contribution in [1.29, 1.82) is 0 Å². The number of thioether (sulfide) groups is 1. The first-order chi connectivity index (χ1) is 12.0. The average Bonchev–Trinajstić information content (AvgIpc) is 3.07. The third kappa shape index (κ3) is 4.63. The molecule has 5 nitrogen and oxygen atoms in total. The van der Waals surface area contributed by atoms with Gasteiger partial charge in [0, 0.05) is 11.6 Å². The molecule has 134 valence electrons. The molecule has 1 N–H and O–H groups in total. The SMILES string of the molecule is Cc1ccc(-c2nnc(SCC(=O)NC3CCCCC3C)o2)cc1C. The summed E-state index contributed by atoms with van der Waals surface area (Å²) >= 11 is 1.29. The fraction of sp³-hybridized carbons (Fsp3) is 0.526. The predicted molar refractivity (Wildman–Crippen MR) is 99.5 cm³/mol. The van der Waals surface area contributed by atoms with Gasteiger partial charge in [0.05, 0.1) is 5.75 Å². The highest BCUT2D eigenvalue weighted by Gasteiger charge is 2.23. The summed E-state index contributed by atoms with van der Waals surface area (Å²) in [6, 6.07) is 6.35. The van der Waals surface area contributed by atoms with Crippen LogP contribution in [0.15, 0.2) is 27.8 Å². The Labute approximate surface area is 153 Å². The molecular formula is C19H25N3O2S. The van der Waals surface area contributed by atoms with Crippen LogP contribution in [0.2, 0.25) is 0 Å². The van der Waals surface area contributed by atoms with Gasteiger partial charge in [0.1, 0.15) is 0 Å². The summed E-state index contributed by atoms with van der Waals surface area (Å²) in [7, 11) is 0. The Morgan fingerprint density at radius 2 is 2.04 bits per heavy atom. The van der Waals surface area contributed by atoms with Crippen LogP contribution in [0.5, 0.6) is 0 Å². The molecule has 1 aromatic carbocycles. The Morgan fingerprint density at radius 1 is 1.24 bits per heavy atom. The third-order valence-electron chi connectivity index (χ3n) is 4.94. The zero-order chi connectivity index (χ0) is 17.8. The van der Waals surface area contributed by atoms with Crippen LogP contribution in [0, 0.1) is 19.8 Å². The molecule has 0 saturated heterocycles. The normalized spacial score (nSPS) is 20.4. The number of carbonyl (C=O) groups is 1. The van der Waals surface area contributed by atoms with E-state index >= 15 is 0 Å². The quantitative estimate of drug-likeness (QED) is 0.813. The predicted octanol–water partition coefficient (Wildman–Crippen LogP) is 4.14. The maximum atomic E-state index is 12.2. The van der Waals surface area contributed by atoms with Gasteiger partial charge in [0.25, 0.3) is 5.22 Å². The number of hydrogen-bond donors (Lipinski definition) is 1. The molecule has 1 fully saturated rings. The van der Waals surface area contributed by atoms with E-state index in [0.717, 1.165) is 12.0 Å². The number of nitrogens with zero attached hydrogens (tertiary/aromatic N) is 2. The Morgan fingerprint density at radius 3 is 2.80 bits per heavy atom. The highest BCUT2D eigenvalue weighted by molar-refractivity contribution is 7.99. The van der Waals surface area contributed by atoms with E-state index in [1.165, 1.54) is 42.2 Å². The van der Waals surface area contributed by atoms with E-state index in [1.807, 2.05) is 18.2 Å². The highest BCUT2D eigenvalue weighted by atomic mass is 32.2. The van der Waals surface area contributed by atoms with Crippen LogP contribution in [0.25, 0.3) is 11.5 Å². The highest BCUT2D eigenvalue weighted by Crippen LogP contribution is 2.26. The van der Waals surface area contributed by atoms with Crippen molar-refractivity contribution in [3.05, 3.63) is 29.3 Å². The number of carbonyl (C=O) groups excluding carboxylic acids is 1. The minimum absolute atomic E-state index is 0.0367. The summed E-state index contributed by atoms with van der Waals surface area (Å²) in [6.07, 6.45) is 4.74. The monoisotopic (exact) mass is 359 g/mol. The number of hydrogen-bond acceptors (Lipinski definition) is 5. The van der Waals surface area contributed by atoms with E-state index < -0.39 is 0 Å². The molecule has 25 heavy (non-hydrogen) atoms. The second-order valence-electron chi connectivity index (χ2n) is 6.90. The van der Waals surface area contributed by atoms with Gasteiger partial charge in [-0.3, -0.25) is 4.79 Å². The van der Waals surface area contributed by atoms with Crippen molar-refractivity contribution in [1.82, 2.24) is 15.5 Å². The Balaban J connectivity index is 1.54. The van der Waals surface area contributed by atoms with E-state index in [-0.39, 0.29) is 5.91 Å². The van der Waals surface area contributed by atoms with Gasteiger partial charge < -0.3 is 9.73 Å². The van der Waals surface area contributed by atoms with Gasteiger partial charge in [-0.25, -0.2) is 0 Å². The Bertz CT molecular complexity index is 744. The largest absolute Gasteiger partial charge is 0.411 e. The summed E-state index contributed by atoms with van der Waals surface area (Å²) in [5.41, 5.74) is 3.32. The maximum absolute atomic E-state index is 12.2. The summed E-state index contributed by atoms with van der Waals surface area (Å²) in [5, 5.41) is 11.7. The average molecular weight is 359 g/mol. The molecule has 2 aromatic rings. The molecule has 0 spiro atoms. The van der Waals surface area contributed by atoms with Crippen LogP contribution in [0.1, 0.15) is 43.7 Å². The number of amides is 1. The van der Waals surface area contributed by atoms with Crippen molar-refractivity contribution in [2.75, 3.05) is 5.75 Å². The van der Waals surface area contributed by atoms with Crippen molar-refractivity contribution in [3.8, 4) is 11.5 Å². The van der Waals surface area contributed by atoms with E-state index in [2.05, 4.69) is 36.3 Å². The second-order valence-corrected chi connectivity index (χ2v) is 7.82. The molecule has 1 aliphatic rings. The number of benzene rings is 1. The first kappa shape index (κ1) is 18.0. The molecule has 6 heteroatoms. The molecule has 2 unspecified atom stereocenters. The first-order valence-electron chi connectivity index (χ1n) is 8.86. The lowest BCUT2D eigenvalue weighted by Gasteiger charge is -2.29. The molecule has 0 aliphatic heterocycles. The molecular weight excluding hydrogens is 334 g/mol. The molecule has 1 saturated carbocycles. The van der Waals surface area contributed by atoms with Gasteiger partial charge in [-0.05, 0) is 55.9 Å². The molecule has 1 aromatic heterocycles.